The Balaban J connectivity index is 2.90. The van der Waals surface area contributed by atoms with Crippen LogP contribution in [0, 0.1) is 11.3 Å². The Labute approximate surface area is 78.1 Å². The van der Waals surface area contributed by atoms with Crippen molar-refractivity contribution in [3.05, 3.63) is 22.5 Å². The summed E-state index contributed by atoms with van der Waals surface area (Å²) in [4.78, 5) is 11.7. The van der Waals surface area contributed by atoms with E-state index in [1.807, 2.05) is 6.07 Å². The molecule has 1 atom stereocenters. The number of allylic oxidation sites excluding steroid dienone is 3. The van der Waals surface area contributed by atoms with E-state index in [1.54, 1.807) is 24.5 Å². The molecule has 0 aromatic rings. The normalized spacial score (nSPS) is 30.1. The Kier molecular flexibility index (Phi) is 2.76. The van der Waals surface area contributed by atoms with E-state index in [2.05, 4.69) is 0 Å². The Morgan fingerprint density at radius 2 is 2.54 bits per heavy atom. The standard InChI is InChI=1S/C8H10N2O2S/c1-2-12-8(11)13(10)5-3-4-7(13)6-9/h3-5H,2,10H2,1H3. The number of rotatable bonds is 1. The summed E-state index contributed by atoms with van der Waals surface area (Å²) >= 11 is 0. The Morgan fingerprint density at radius 3 is 3.08 bits per heavy atom. The van der Waals surface area contributed by atoms with Gasteiger partial charge in [-0.3, -0.25) is 5.14 Å². The zero-order valence-corrected chi connectivity index (χ0v) is 8.00. The number of hydrogen-bond donors (Lipinski definition) is 1. The van der Waals surface area contributed by atoms with Gasteiger partial charge in [0, 0.05) is 0 Å². The van der Waals surface area contributed by atoms with Crippen LogP contribution < -0.4 is 5.14 Å². The number of carbonyl (C=O) groups excluding carboxylic acids is 1. The number of carbonyl (C=O) groups is 1. The summed E-state index contributed by atoms with van der Waals surface area (Å²) in [6.07, 6.45) is 3.16. The minimum Gasteiger partial charge on any atom is -0.458 e. The van der Waals surface area contributed by atoms with Crippen molar-refractivity contribution in [2.75, 3.05) is 6.61 Å². The third kappa shape index (κ3) is 1.59. The molecule has 0 aliphatic carbocycles. The summed E-state index contributed by atoms with van der Waals surface area (Å²) in [6, 6.07) is 1.90. The van der Waals surface area contributed by atoms with Crippen molar-refractivity contribution in [1.82, 2.24) is 0 Å². The quantitative estimate of drug-likeness (QED) is 0.651. The summed E-state index contributed by atoms with van der Waals surface area (Å²) in [5, 5.41) is 15.5. The fourth-order valence-electron chi connectivity index (χ4n) is 0.910. The van der Waals surface area contributed by atoms with E-state index in [1.165, 1.54) is 0 Å². The van der Waals surface area contributed by atoms with Gasteiger partial charge in [0.1, 0.15) is 6.07 Å². The molecule has 5 heteroatoms. The minimum absolute atomic E-state index is 0.275. The minimum atomic E-state index is -2.28. The molecule has 1 unspecified atom stereocenters. The SMILES string of the molecule is CCOC(=O)S1(N)C=CC=C1C#N. The molecule has 0 radical (unpaired) electrons. The smallest absolute Gasteiger partial charge is 0.370 e. The molecule has 1 aliphatic rings. The molecule has 4 nitrogen and oxygen atoms in total. The van der Waals surface area contributed by atoms with Gasteiger partial charge < -0.3 is 4.74 Å². The lowest BCUT2D eigenvalue weighted by Crippen LogP contribution is -2.19. The summed E-state index contributed by atoms with van der Waals surface area (Å²) in [7, 11) is -2.28. The zero-order valence-electron chi connectivity index (χ0n) is 7.19. The number of nitrogens with zero attached hydrogens (tertiary/aromatic N) is 1. The van der Waals surface area contributed by atoms with E-state index >= 15 is 0 Å². The Bertz CT molecular complexity index is 330. The lowest BCUT2D eigenvalue weighted by Gasteiger charge is -2.24. The van der Waals surface area contributed by atoms with Gasteiger partial charge in [-0.15, -0.1) is 0 Å². The third-order valence-corrected chi connectivity index (χ3v) is 3.76. The Hall–Kier alpha value is -1.25. The van der Waals surface area contributed by atoms with Gasteiger partial charge in [0.05, 0.1) is 11.5 Å². The summed E-state index contributed by atoms with van der Waals surface area (Å²) in [5.41, 5.74) is 0. The molecule has 0 saturated carbocycles. The van der Waals surface area contributed by atoms with Crippen molar-refractivity contribution in [3.63, 3.8) is 0 Å². The first-order chi connectivity index (χ1) is 6.15. The van der Waals surface area contributed by atoms with Crippen LogP contribution in [0.25, 0.3) is 0 Å². The van der Waals surface area contributed by atoms with Crippen LogP contribution in [0.15, 0.2) is 22.5 Å². The van der Waals surface area contributed by atoms with Gasteiger partial charge >= 0.3 is 5.30 Å². The predicted octanol–water partition coefficient (Wildman–Crippen LogP) is 1.76. The van der Waals surface area contributed by atoms with E-state index in [0.717, 1.165) is 0 Å². The molecule has 0 fully saturated rings. The van der Waals surface area contributed by atoms with E-state index in [9.17, 15) is 4.79 Å². The molecule has 2 N–H and O–H groups in total. The molecule has 0 aromatic heterocycles. The first-order valence-corrected chi connectivity index (χ1v) is 5.47. The molecular weight excluding hydrogens is 188 g/mol. The maximum absolute atomic E-state index is 11.4. The van der Waals surface area contributed by atoms with Crippen LogP contribution >= 0.6 is 10.2 Å². The van der Waals surface area contributed by atoms with E-state index in [0.29, 0.717) is 4.91 Å². The average molecular weight is 198 g/mol. The van der Waals surface area contributed by atoms with Gasteiger partial charge in [-0.2, -0.15) is 5.26 Å². The molecule has 0 amide bonds. The predicted molar refractivity (Wildman–Crippen MR) is 51.6 cm³/mol. The number of nitriles is 1. The van der Waals surface area contributed by atoms with Gasteiger partial charge in [0.15, 0.2) is 0 Å². The van der Waals surface area contributed by atoms with Crippen LogP contribution in [0.3, 0.4) is 0 Å². The van der Waals surface area contributed by atoms with Gasteiger partial charge in [-0.05, 0) is 28.6 Å². The van der Waals surface area contributed by atoms with E-state index in [-0.39, 0.29) is 6.61 Å². The number of nitrogens with two attached hydrogens (primary N) is 1. The monoisotopic (exact) mass is 198 g/mol. The average Bonchev–Trinajstić information content (AvgIpc) is 2.48. The van der Waals surface area contributed by atoms with Crippen LogP contribution in [0.1, 0.15) is 6.92 Å². The highest BCUT2D eigenvalue weighted by molar-refractivity contribution is 8.48. The second-order valence-corrected chi connectivity index (χ2v) is 4.83. The molecule has 0 bridgehead atoms. The van der Waals surface area contributed by atoms with Crippen molar-refractivity contribution in [2.24, 2.45) is 5.14 Å². The summed E-state index contributed by atoms with van der Waals surface area (Å²) in [6.45, 7) is 1.98. The molecule has 1 rings (SSSR count). The molecule has 1 heterocycles. The molecule has 70 valence electrons. The molecule has 13 heavy (non-hydrogen) atoms. The first kappa shape index (κ1) is 9.84. The number of hydrogen-bond acceptors (Lipinski definition) is 4. The van der Waals surface area contributed by atoms with Gasteiger partial charge in [-0.25, -0.2) is 4.79 Å². The molecule has 0 spiro atoms. The van der Waals surface area contributed by atoms with Crippen molar-refractivity contribution in [1.29, 1.82) is 5.26 Å². The van der Waals surface area contributed by atoms with Crippen molar-refractivity contribution in [2.45, 2.75) is 6.92 Å². The molecule has 0 aromatic carbocycles. The van der Waals surface area contributed by atoms with Crippen molar-refractivity contribution < 1.29 is 9.53 Å². The van der Waals surface area contributed by atoms with Gasteiger partial charge in [0.2, 0.25) is 0 Å². The molecular formula is C8H10N2O2S. The van der Waals surface area contributed by atoms with Crippen molar-refractivity contribution in [3.8, 4) is 6.07 Å². The van der Waals surface area contributed by atoms with E-state index in [4.69, 9.17) is 15.1 Å². The van der Waals surface area contributed by atoms with E-state index < -0.39 is 15.5 Å². The maximum Gasteiger partial charge on any atom is 0.370 e. The van der Waals surface area contributed by atoms with Crippen molar-refractivity contribution >= 4 is 15.5 Å². The summed E-state index contributed by atoms with van der Waals surface area (Å²) in [5.74, 6) is 0. The van der Waals surface area contributed by atoms with Crippen LogP contribution in [-0.4, -0.2) is 11.9 Å². The highest BCUT2D eigenvalue weighted by Gasteiger charge is 2.33. The second-order valence-electron chi connectivity index (χ2n) is 2.36. The molecule has 1 aliphatic heterocycles. The fourth-order valence-corrected chi connectivity index (χ4v) is 2.44. The first-order valence-electron chi connectivity index (χ1n) is 3.71. The maximum atomic E-state index is 11.4. The summed E-state index contributed by atoms with van der Waals surface area (Å²) < 4.78 is 4.79. The van der Waals surface area contributed by atoms with Gasteiger partial charge in [-0.1, -0.05) is 6.08 Å². The largest absolute Gasteiger partial charge is 0.458 e. The van der Waals surface area contributed by atoms with Gasteiger partial charge in [0.25, 0.3) is 0 Å². The van der Waals surface area contributed by atoms with Crippen LogP contribution in [0.5, 0.6) is 0 Å². The fraction of sp³-hybridized carbons (Fsp3) is 0.250. The molecule has 0 saturated heterocycles. The van der Waals surface area contributed by atoms with Crippen LogP contribution in [0.4, 0.5) is 4.79 Å². The van der Waals surface area contributed by atoms with Crippen LogP contribution in [-0.2, 0) is 4.74 Å². The second kappa shape index (κ2) is 3.64. The Morgan fingerprint density at radius 1 is 1.85 bits per heavy atom. The highest BCUT2D eigenvalue weighted by atomic mass is 32.3. The lowest BCUT2D eigenvalue weighted by molar-refractivity contribution is 0.180. The zero-order chi connectivity index (χ0) is 9.90. The van der Waals surface area contributed by atoms with Crippen LogP contribution in [0.2, 0.25) is 0 Å². The lowest BCUT2D eigenvalue weighted by atomic mass is 10.5. The topological polar surface area (TPSA) is 76.1 Å². The highest BCUT2D eigenvalue weighted by Crippen LogP contribution is 2.53. The number of ether oxygens (including phenoxy) is 1. The third-order valence-electron chi connectivity index (χ3n) is 1.55.